The summed E-state index contributed by atoms with van der Waals surface area (Å²) < 4.78 is 26.1. The van der Waals surface area contributed by atoms with Crippen LogP contribution < -0.4 is 11.1 Å². The third kappa shape index (κ3) is 2.17. The van der Waals surface area contributed by atoms with Crippen LogP contribution in [0.3, 0.4) is 0 Å². The third-order valence-corrected chi connectivity index (χ3v) is 2.56. The number of fused-ring (bicyclic) bond motifs is 1. The monoisotopic (exact) mass is 261 g/mol. The van der Waals surface area contributed by atoms with Gasteiger partial charge in [-0.25, -0.2) is 18.7 Å². The molecule has 0 atom stereocenters. The summed E-state index contributed by atoms with van der Waals surface area (Å²) in [4.78, 5) is 11.1. The van der Waals surface area contributed by atoms with Gasteiger partial charge < -0.3 is 16.0 Å². The Morgan fingerprint density at radius 3 is 2.63 bits per heavy atom. The Balaban J connectivity index is 1.98. The molecule has 96 valence electrons. The fraction of sp³-hybridized carbons (Fsp3) is 0. The summed E-state index contributed by atoms with van der Waals surface area (Å²) >= 11 is 0. The second kappa shape index (κ2) is 4.20. The van der Waals surface area contributed by atoms with Gasteiger partial charge in [0.15, 0.2) is 0 Å². The average Bonchev–Trinajstić information content (AvgIpc) is 2.70. The van der Waals surface area contributed by atoms with Crippen LogP contribution in [0.25, 0.3) is 11.0 Å². The van der Waals surface area contributed by atoms with E-state index in [0.29, 0.717) is 16.7 Å². The van der Waals surface area contributed by atoms with Crippen LogP contribution in [0.1, 0.15) is 0 Å². The van der Waals surface area contributed by atoms with Gasteiger partial charge in [0.1, 0.15) is 17.2 Å². The molecule has 0 radical (unpaired) electrons. The van der Waals surface area contributed by atoms with Crippen molar-refractivity contribution >= 4 is 28.4 Å². The highest BCUT2D eigenvalue weighted by Gasteiger charge is 2.06. The fourth-order valence-electron chi connectivity index (χ4n) is 1.75. The Morgan fingerprint density at radius 2 is 1.89 bits per heavy atom. The normalized spacial score (nSPS) is 10.8. The van der Waals surface area contributed by atoms with E-state index in [1.807, 2.05) is 0 Å². The van der Waals surface area contributed by atoms with Crippen molar-refractivity contribution < 1.29 is 8.78 Å². The van der Waals surface area contributed by atoms with Gasteiger partial charge in [-0.3, -0.25) is 0 Å². The second-order valence-corrected chi connectivity index (χ2v) is 3.98. The van der Waals surface area contributed by atoms with Crippen LogP contribution in [-0.4, -0.2) is 15.0 Å². The molecule has 0 aliphatic heterocycles. The van der Waals surface area contributed by atoms with E-state index in [0.717, 1.165) is 18.2 Å². The Morgan fingerprint density at radius 1 is 1.16 bits per heavy atom. The molecule has 4 N–H and O–H groups in total. The molecule has 3 aromatic rings. The lowest BCUT2D eigenvalue weighted by atomic mass is 10.3. The van der Waals surface area contributed by atoms with Crippen molar-refractivity contribution in [2.45, 2.75) is 0 Å². The van der Waals surface area contributed by atoms with Gasteiger partial charge in [0.25, 0.3) is 0 Å². The van der Waals surface area contributed by atoms with Gasteiger partial charge in [0.05, 0.1) is 17.4 Å². The quantitative estimate of drug-likeness (QED) is 0.662. The zero-order valence-electron chi connectivity index (χ0n) is 9.61. The molecular formula is C12H9F2N5. The van der Waals surface area contributed by atoms with E-state index >= 15 is 0 Å². The van der Waals surface area contributed by atoms with Crippen molar-refractivity contribution in [3.05, 3.63) is 42.2 Å². The van der Waals surface area contributed by atoms with Crippen molar-refractivity contribution in [1.29, 1.82) is 0 Å². The Labute approximate surface area is 106 Å². The lowest BCUT2D eigenvalue weighted by molar-refractivity contribution is 0.584. The van der Waals surface area contributed by atoms with Gasteiger partial charge in [-0.1, -0.05) is 0 Å². The first-order valence-electron chi connectivity index (χ1n) is 5.44. The lowest BCUT2D eigenvalue weighted by Gasteiger charge is -2.05. The van der Waals surface area contributed by atoms with Gasteiger partial charge in [-0.05, 0) is 12.1 Å². The number of halogens is 2. The van der Waals surface area contributed by atoms with E-state index in [1.165, 1.54) is 6.20 Å². The highest BCUT2D eigenvalue weighted by atomic mass is 19.1. The van der Waals surface area contributed by atoms with Crippen LogP contribution in [0.2, 0.25) is 0 Å². The number of benzene rings is 1. The number of aromatic amines is 1. The zero-order valence-corrected chi connectivity index (χ0v) is 9.61. The van der Waals surface area contributed by atoms with Gasteiger partial charge in [0, 0.05) is 18.0 Å². The van der Waals surface area contributed by atoms with E-state index in [2.05, 4.69) is 20.3 Å². The summed E-state index contributed by atoms with van der Waals surface area (Å²) in [5.41, 5.74) is 7.66. The number of rotatable bonds is 2. The van der Waals surface area contributed by atoms with Crippen LogP contribution in [0.5, 0.6) is 0 Å². The zero-order chi connectivity index (χ0) is 13.4. The molecule has 0 unspecified atom stereocenters. The predicted octanol–water partition coefficient (Wildman–Crippen LogP) is 2.56. The minimum absolute atomic E-state index is 0.212. The summed E-state index contributed by atoms with van der Waals surface area (Å²) in [6, 6.07) is 3.09. The molecule has 19 heavy (non-hydrogen) atoms. The molecule has 7 heteroatoms. The summed E-state index contributed by atoms with van der Waals surface area (Å²) in [6.45, 7) is 0. The van der Waals surface area contributed by atoms with E-state index in [9.17, 15) is 8.78 Å². The van der Waals surface area contributed by atoms with Crippen molar-refractivity contribution in [3.63, 3.8) is 0 Å². The maximum atomic E-state index is 13.1. The summed E-state index contributed by atoms with van der Waals surface area (Å²) in [5.74, 6) is -1.14. The van der Waals surface area contributed by atoms with E-state index in [1.54, 1.807) is 6.20 Å². The van der Waals surface area contributed by atoms with E-state index < -0.39 is 11.6 Å². The van der Waals surface area contributed by atoms with Crippen LogP contribution in [-0.2, 0) is 0 Å². The van der Waals surface area contributed by atoms with Crippen molar-refractivity contribution in [3.8, 4) is 0 Å². The molecule has 5 nitrogen and oxygen atoms in total. The number of H-pyrrole nitrogens is 1. The van der Waals surface area contributed by atoms with Crippen LogP contribution >= 0.6 is 0 Å². The van der Waals surface area contributed by atoms with Crippen LogP contribution in [0, 0.1) is 11.6 Å². The summed E-state index contributed by atoms with van der Waals surface area (Å²) in [6.07, 6.45) is 3.14. The lowest BCUT2D eigenvalue weighted by Crippen LogP contribution is -1.98. The van der Waals surface area contributed by atoms with Crippen molar-refractivity contribution in [2.24, 2.45) is 0 Å². The highest BCUT2D eigenvalue weighted by molar-refractivity contribution is 5.87. The highest BCUT2D eigenvalue weighted by Crippen LogP contribution is 2.21. The maximum Gasteiger partial charge on any atom is 0.227 e. The molecule has 0 fully saturated rings. The molecule has 3 rings (SSSR count). The first-order valence-corrected chi connectivity index (χ1v) is 5.44. The molecule has 2 aromatic heterocycles. The molecule has 0 spiro atoms. The number of nitrogen functional groups attached to an aromatic ring is 1. The minimum atomic E-state index is -0.676. The van der Waals surface area contributed by atoms with Gasteiger partial charge in [-0.2, -0.15) is 0 Å². The largest absolute Gasteiger partial charge is 0.396 e. The molecule has 0 aliphatic rings. The average molecular weight is 261 g/mol. The topological polar surface area (TPSA) is 79.6 Å². The molecule has 0 bridgehead atoms. The molecule has 1 aromatic carbocycles. The molecule has 0 saturated heterocycles. The van der Waals surface area contributed by atoms with E-state index in [-0.39, 0.29) is 11.6 Å². The number of nitrogens with zero attached hydrogens (tertiary/aromatic N) is 2. The van der Waals surface area contributed by atoms with Gasteiger partial charge in [0.2, 0.25) is 5.95 Å². The first kappa shape index (κ1) is 11.4. The standard InChI is InChI=1S/C12H9F2N5/c13-6-1-7(14)3-8(2-6)18-12-17-5-10-11(19-12)9(15)4-16-10/h1-5,16H,15H2,(H,17,18,19). The third-order valence-electron chi connectivity index (χ3n) is 2.56. The molecule has 0 amide bonds. The number of aromatic nitrogens is 3. The molecule has 0 saturated carbocycles. The van der Waals surface area contributed by atoms with E-state index in [4.69, 9.17) is 5.73 Å². The maximum absolute atomic E-state index is 13.1. The van der Waals surface area contributed by atoms with Crippen molar-refractivity contribution in [2.75, 3.05) is 11.1 Å². The smallest absolute Gasteiger partial charge is 0.227 e. The number of nitrogens with one attached hydrogen (secondary N) is 2. The number of hydrogen-bond acceptors (Lipinski definition) is 4. The Kier molecular flexibility index (Phi) is 2.52. The molecular weight excluding hydrogens is 252 g/mol. The Bertz CT molecular complexity index is 733. The predicted molar refractivity (Wildman–Crippen MR) is 67.9 cm³/mol. The van der Waals surface area contributed by atoms with Crippen molar-refractivity contribution in [1.82, 2.24) is 15.0 Å². The number of anilines is 3. The Hall–Kier alpha value is -2.70. The minimum Gasteiger partial charge on any atom is -0.396 e. The SMILES string of the molecule is Nc1c[nH]c2cnc(Nc3cc(F)cc(F)c3)nc12. The molecule has 2 heterocycles. The number of hydrogen-bond donors (Lipinski definition) is 3. The van der Waals surface area contributed by atoms with Crippen LogP contribution in [0.4, 0.5) is 26.1 Å². The summed E-state index contributed by atoms with van der Waals surface area (Å²) in [5, 5.41) is 2.72. The molecule has 0 aliphatic carbocycles. The first-order chi connectivity index (χ1) is 9.11. The van der Waals surface area contributed by atoms with Gasteiger partial charge in [-0.15, -0.1) is 0 Å². The fourth-order valence-corrected chi connectivity index (χ4v) is 1.75. The summed E-state index contributed by atoms with van der Waals surface area (Å²) in [7, 11) is 0. The second-order valence-electron chi connectivity index (χ2n) is 3.98. The van der Waals surface area contributed by atoms with Crippen LogP contribution in [0.15, 0.2) is 30.6 Å². The number of nitrogens with two attached hydrogens (primary N) is 1. The van der Waals surface area contributed by atoms with Gasteiger partial charge >= 0.3 is 0 Å².